The molecule has 4 heteroatoms. The smallest absolute Gasteiger partial charge is 0.227 e. The van der Waals surface area contributed by atoms with E-state index in [0.717, 1.165) is 30.3 Å². The lowest BCUT2D eigenvalue weighted by Crippen LogP contribution is -2.44. The van der Waals surface area contributed by atoms with Crippen LogP contribution in [0.1, 0.15) is 38.2 Å². The third kappa shape index (κ3) is 3.56. The zero-order chi connectivity index (χ0) is 13.8. The highest BCUT2D eigenvalue weighted by molar-refractivity contribution is 9.10. The number of hydrogen-bond donors (Lipinski definition) is 0. The van der Waals surface area contributed by atoms with Gasteiger partial charge in [0, 0.05) is 17.1 Å². The molecule has 1 atom stereocenters. The second-order valence-electron chi connectivity index (χ2n) is 5.06. The summed E-state index contributed by atoms with van der Waals surface area (Å²) in [6.07, 6.45) is 4.45. The highest BCUT2D eigenvalue weighted by atomic mass is 79.9. The van der Waals surface area contributed by atoms with E-state index in [9.17, 15) is 9.18 Å². The van der Waals surface area contributed by atoms with Gasteiger partial charge in [-0.25, -0.2) is 4.39 Å². The Morgan fingerprint density at radius 3 is 3.00 bits per heavy atom. The summed E-state index contributed by atoms with van der Waals surface area (Å²) in [5, 5.41) is 0. The number of carbonyl (C=O) groups is 1. The molecule has 0 N–H and O–H groups in total. The van der Waals surface area contributed by atoms with Crippen molar-refractivity contribution in [3.63, 3.8) is 0 Å². The summed E-state index contributed by atoms with van der Waals surface area (Å²) < 4.78 is 14.5. The fraction of sp³-hybridized carbons (Fsp3) is 0.533. The maximum Gasteiger partial charge on any atom is 0.227 e. The Bertz CT molecular complexity index is 463. The van der Waals surface area contributed by atoms with Crippen molar-refractivity contribution in [2.45, 2.75) is 45.1 Å². The Balaban J connectivity index is 2.09. The normalized spacial score (nSPS) is 19.5. The number of carbonyl (C=O) groups excluding carboxylic acids is 1. The fourth-order valence-corrected chi connectivity index (χ4v) is 3.11. The molecule has 1 aromatic rings. The van der Waals surface area contributed by atoms with Crippen molar-refractivity contribution in [3.05, 3.63) is 34.1 Å². The molecule has 2 nitrogen and oxygen atoms in total. The lowest BCUT2D eigenvalue weighted by Gasteiger charge is -2.35. The van der Waals surface area contributed by atoms with Crippen LogP contribution in [0.3, 0.4) is 0 Å². The van der Waals surface area contributed by atoms with E-state index in [0.29, 0.717) is 11.6 Å². The van der Waals surface area contributed by atoms with Gasteiger partial charge in [0.05, 0.1) is 6.42 Å². The zero-order valence-electron chi connectivity index (χ0n) is 11.2. The molecule has 1 unspecified atom stereocenters. The van der Waals surface area contributed by atoms with Crippen molar-refractivity contribution in [2.75, 3.05) is 6.54 Å². The van der Waals surface area contributed by atoms with Gasteiger partial charge in [0.2, 0.25) is 5.91 Å². The van der Waals surface area contributed by atoms with Crippen LogP contribution in [0, 0.1) is 5.82 Å². The second kappa shape index (κ2) is 6.51. The van der Waals surface area contributed by atoms with E-state index in [1.54, 1.807) is 12.1 Å². The van der Waals surface area contributed by atoms with E-state index in [4.69, 9.17) is 0 Å². The lowest BCUT2D eigenvalue weighted by molar-refractivity contribution is -0.134. The van der Waals surface area contributed by atoms with Crippen molar-refractivity contribution < 1.29 is 9.18 Å². The summed E-state index contributed by atoms with van der Waals surface area (Å²) in [6, 6.07) is 5.08. The average molecular weight is 328 g/mol. The highest BCUT2D eigenvalue weighted by Crippen LogP contribution is 2.22. The molecule has 1 fully saturated rings. The number of nitrogens with zero attached hydrogens (tertiary/aromatic N) is 1. The summed E-state index contributed by atoms with van der Waals surface area (Å²) in [6.45, 7) is 2.92. The molecule has 1 aliphatic rings. The maximum absolute atomic E-state index is 13.7. The number of amides is 1. The molecule has 0 radical (unpaired) electrons. The predicted molar refractivity (Wildman–Crippen MR) is 77.4 cm³/mol. The van der Waals surface area contributed by atoms with Gasteiger partial charge in [0.1, 0.15) is 5.82 Å². The van der Waals surface area contributed by atoms with Crippen LogP contribution in [-0.4, -0.2) is 23.4 Å². The van der Waals surface area contributed by atoms with Crippen molar-refractivity contribution in [3.8, 4) is 0 Å². The average Bonchev–Trinajstić information content (AvgIpc) is 2.42. The molecular formula is C15H19BrFNO. The Morgan fingerprint density at radius 1 is 1.47 bits per heavy atom. The first-order valence-electron chi connectivity index (χ1n) is 6.85. The Kier molecular flexibility index (Phi) is 4.97. The summed E-state index contributed by atoms with van der Waals surface area (Å²) >= 11 is 3.32. The summed E-state index contributed by atoms with van der Waals surface area (Å²) in [4.78, 5) is 14.3. The first kappa shape index (κ1) is 14.5. The lowest BCUT2D eigenvalue weighted by atomic mass is 9.99. The van der Waals surface area contributed by atoms with E-state index in [-0.39, 0.29) is 18.1 Å². The number of halogens is 2. The van der Waals surface area contributed by atoms with Gasteiger partial charge in [-0.3, -0.25) is 4.79 Å². The largest absolute Gasteiger partial charge is 0.339 e. The minimum Gasteiger partial charge on any atom is -0.339 e. The molecule has 1 aliphatic heterocycles. The van der Waals surface area contributed by atoms with E-state index in [1.165, 1.54) is 12.5 Å². The SMILES string of the molecule is CCC1CCCCN1C(=O)Cc1cc(Br)ccc1F. The number of rotatable bonds is 3. The molecule has 2 rings (SSSR count). The summed E-state index contributed by atoms with van der Waals surface area (Å²) in [7, 11) is 0. The molecule has 1 amide bonds. The van der Waals surface area contributed by atoms with Gasteiger partial charge >= 0.3 is 0 Å². The maximum atomic E-state index is 13.7. The van der Waals surface area contributed by atoms with Crippen LogP contribution in [0.15, 0.2) is 22.7 Å². The predicted octanol–water partition coefficient (Wildman–Crippen LogP) is 3.92. The quantitative estimate of drug-likeness (QED) is 0.823. The van der Waals surface area contributed by atoms with Gasteiger partial charge in [-0.1, -0.05) is 22.9 Å². The van der Waals surface area contributed by atoms with Crippen molar-refractivity contribution in [1.82, 2.24) is 4.90 Å². The molecule has 19 heavy (non-hydrogen) atoms. The van der Waals surface area contributed by atoms with Gasteiger partial charge in [-0.2, -0.15) is 0 Å². The van der Waals surface area contributed by atoms with E-state index in [2.05, 4.69) is 22.9 Å². The molecule has 0 aliphatic carbocycles. The molecule has 0 aromatic heterocycles. The minimum absolute atomic E-state index is 0.0450. The van der Waals surface area contributed by atoms with E-state index >= 15 is 0 Å². The van der Waals surface area contributed by atoms with Crippen molar-refractivity contribution in [2.24, 2.45) is 0 Å². The third-order valence-electron chi connectivity index (χ3n) is 3.77. The topological polar surface area (TPSA) is 20.3 Å². The molecule has 1 saturated heterocycles. The van der Waals surface area contributed by atoms with E-state index < -0.39 is 0 Å². The van der Waals surface area contributed by atoms with Crippen LogP contribution >= 0.6 is 15.9 Å². The van der Waals surface area contributed by atoms with Crippen molar-refractivity contribution >= 4 is 21.8 Å². The van der Waals surface area contributed by atoms with Crippen LogP contribution < -0.4 is 0 Å². The van der Waals surface area contributed by atoms with Gasteiger partial charge in [-0.05, 0) is 49.4 Å². The number of benzene rings is 1. The number of piperidine rings is 1. The van der Waals surface area contributed by atoms with Crippen LogP contribution in [0.25, 0.3) is 0 Å². The first-order chi connectivity index (χ1) is 9.11. The van der Waals surface area contributed by atoms with Crippen LogP contribution in [0.5, 0.6) is 0 Å². The minimum atomic E-state index is -0.304. The van der Waals surface area contributed by atoms with Gasteiger partial charge in [0.25, 0.3) is 0 Å². The second-order valence-corrected chi connectivity index (χ2v) is 5.97. The first-order valence-corrected chi connectivity index (χ1v) is 7.64. The third-order valence-corrected chi connectivity index (χ3v) is 4.26. The van der Waals surface area contributed by atoms with Gasteiger partial charge in [0.15, 0.2) is 0 Å². The molecule has 1 aromatic carbocycles. The Hall–Kier alpha value is -0.900. The van der Waals surface area contributed by atoms with Crippen molar-refractivity contribution in [1.29, 1.82) is 0 Å². The fourth-order valence-electron chi connectivity index (χ4n) is 2.70. The van der Waals surface area contributed by atoms with Crippen LogP contribution in [-0.2, 0) is 11.2 Å². The Labute approximate surface area is 122 Å². The molecule has 0 saturated carbocycles. The van der Waals surface area contributed by atoms with Crippen LogP contribution in [0.2, 0.25) is 0 Å². The number of likely N-dealkylation sites (tertiary alicyclic amines) is 1. The highest BCUT2D eigenvalue weighted by Gasteiger charge is 2.25. The molecule has 1 heterocycles. The summed E-state index contributed by atoms with van der Waals surface area (Å²) in [5.74, 6) is -0.259. The molecule has 0 bridgehead atoms. The van der Waals surface area contributed by atoms with Crippen LogP contribution in [0.4, 0.5) is 4.39 Å². The van der Waals surface area contributed by atoms with Gasteiger partial charge in [-0.15, -0.1) is 0 Å². The molecular weight excluding hydrogens is 309 g/mol. The zero-order valence-corrected chi connectivity index (χ0v) is 12.7. The molecule has 104 valence electrons. The monoisotopic (exact) mass is 327 g/mol. The molecule has 0 spiro atoms. The number of hydrogen-bond acceptors (Lipinski definition) is 1. The van der Waals surface area contributed by atoms with Gasteiger partial charge < -0.3 is 4.90 Å². The van der Waals surface area contributed by atoms with E-state index in [1.807, 2.05) is 4.90 Å². The standard InChI is InChI=1S/C15H19BrFNO/c1-2-13-5-3-4-8-18(13)15(19)10-11-9-12(16)6-7-14(11)17/h6-7,9,13H,2-5,8,10H2,1H3. The Morgan fingerprint density at radius 2 is 2.26 bits per heavy atom. The summed E-state index contributed by atoms with van der Waals surface area (Å²) in [5.41, 5.74) is 0.472.